The van der Waals surface area contributed by atoms with Crippen molar-refractivity contribution in [1.29, 1.82) is 0 Å². The average molecular weight is 343 g/mol. The van der Waals surface area contributed by atoms with E-state index in [2.05, 4.69) is 5.32 Å². The van der Waals surface area contributed by atoms with Crippen LogP contribution >= 0.6 is 0 Å². The molecule has 1 atom stereocenters. The van der Waals surface area contributed by atoms with Crippen LogP contribution in [0.4, 0.5) is 0 Å². The molecule has 2 rings (SSSR count). The number of carbonyl (C=O) groups excluding carboxylic acids is 3. The lowest BCUT2D eigenvalue weighted by Gasteiger charge is -2.12. The first-order valence-corrected chi connectivity index (χ1v) is 8.12. The number of amides is 1. The van der Waals surface area contributed by atoms with Crippen LogP contribution in [0.2, 0.25) is 0 Å². The maximum atomic E-state index is 12.1. The van der Waals surface area contributed by atoms with Crippen LogP contribution in [0.1, 0.15) is 48.1 Å². The van der Waals surface area contributed by atoms with E-state index >= 15 is 0 Å². The Morgan fingerprint density at radius 2 is 1.80 bits per heavy atom. The molecule has 0 unspecified atom stereocenters. The fraction of sp³-hybridized carbons (Fsp3) is 0.316. The normalized spacial score (nSPS) is 11.6. The Morgan fingerprint density at radius 3 is 2.40 bits per heavy atom. The minimum Gasteiger partial charge on any atom is -0.449 e. The van der Waals surface area contributed by atoms with Crippen LogP contribution in [-0.2, 0) is 9.53 Å². The molecule has 1 N–H and O–H groups in total. The number of nitrogens with one attached hydrogen (secondary N) is 1. The summed E-state index contributed by atoms with van der Waals surface area (Å²) in [7, 11) is 0. The molecule has 0 aliphatic rings. The summed E-state index contributed by atoms with van der Waals surface area (Å²) >= 11 is 0. The van der Waals surface area contributed by atoms with E-state index in [4.69, 9.17) is 9.15 Å². The summed E-state index contributed by atoms with van der Waals surface area (Å²) in [4.78, 5) is 35.1. The van der Waals surface area contributed by atoms with Crippen molar-refractivity contribution in [2.45, 2.75) is 33.3 Å². The first-order valence-electron chi connectivity index (χ1n) is 8.12. The summed E-state index contributed by atoms with van der Waals surface area (Å²) < 4.78 is 10.6. The smallest absolute Gasteiger partial charge is 0.375 e. The van der Waals surface area contributed by atoms with Gasteiger partial charge in [-0.25, -0.2) is 4.79 Å². The highest BCUT2D eigenvalue weighted by atomic mass is 16.6. The van der Waals surface area contributed by atoms with Gasteiger partial charge >= 0.3 is 5.97 Å². The third-order valence-corrected chi connectivity index (χ3v) is 3.59. The van der Waals surface area contributed by atoms with Crippen LogP contribution in [0.15, 0.2) is 40.8 Å². The molecule has 6 nitrogen and oxygen atoms in total. The number of ether oxygens (including phenoxy) is 1. The van der Waals surface area contributed by atoms with E-state index in [1.807, 2.05) is 6.92 Å². The SMILES string of the molecule is CCCNC(=O)[C@H](C)OC(=O)c1ccc(-c2ccc(C(C)=O)cc2)o1. The second-order valence-corrected chi connectivity index (χ2v) is 5.64. The lowest BCUT2D eigenvalue weighted by Crippen LogP contribution is -2.36. The number of hydrogen-bond donors (Lipinski definition) is 1. The largest absolute Gasteiger partial charge is 0.449 e. The first kappa shape index (κ1) is 18.4. The number of rotatable bonds is 7. The summed E-state index contributed by atoms with van der Waals surface area (Å²) in [5.41, 5.74) is 1.33. The molecule has 0 spiro atoms. The second-order valence-electron chi connectivity index (χ2n) is 5.64. The lowest BCUT2D eigenvalue weighted by atomic mass is 10.1. The van der Waals surface area contributed by atoms with Gasteiger partial charge in [0.15, 0.2) is 11.9 Å². The predicted octanol–water partition coefficient (Wildman–Crippen LogP) is 3.22. The molecule has 1 heterocycles. The summed E-state index contributed by atoms with van der Waals surface area (Å²) in [5, 5.41) is 2.66. The van der Waals surface area contributed by atoms with Crippen molar-refractivity contribution in [2.75, 3.05) is 6.54 Å². The van der Waals surface area contributed by atoms with Gasteiger partial charge in [-0.15, -0.1) is 0 Å². The van der Waals surface area contributed by atoms with E-state index in [9.17, 15) is 14.4 Å². The molecule has 0 aliphatic heterocycles. The third-order valence-electron chi connectivity index (χ3n) is 3.59. The summed E-state index contributed by atoms with van der Waals surface area (Å²) in [6.45, 7) is 5.47. The molecule has 0 saturated carbocycles. The number of esters is 1. The van der Waals surface area contributed by atoms with Gasteiger partial charge in [-0.3, -0.25) is 9.59 Å². The monoisotopic (exact) mass is 343 g/mol. The number of carbonyl (C=O) groups is 3. The molecular weight excluding hydrogens is 322 g/mol. The zero-order valence-electron chi connectivity index (χ0n) is 14.5. The van der Waals surface area contributed by atoms with Gasteiger partial charge in [0.05, 0.1) is 0 Å². The maximum Gasteiger partial charge on any atom is 0.375 e. The molecule has 6 heteroatoms. The quantitative estimate of drug-likeness (QED) is 0.616. The standard InChI is InChI=1S/C19H21NO5/c1-4-11-20-18(22)13(3)24-19(23)17-10-9-16(25-17)15-7-5-14(6-8-15)12(2)21/h5-10,13H,4,11H2,1-3H3,(H,20,22)/t13-/m0/s1. The molecule has 1 aromatic carbocycles. The van der Waals surface area contributed by atoms with Gasteiger partial charge in [-0.2, -0.15) is 0 Å². The molecule has 25 heavy (non-hydrogen) atoms. The Balaban J connectivity index is 2.03. The van der Waals surface area contributed by atoms with Crippen molar-refractivity contribution >= 4 is 17.7 Å². The fourth-order valence-electron chi connectivity index (χ4n) is 2.14. The molecule has 0 radical (unpaired) electrons. The summed E-state index contributed by atoms with van der Waals surface area (Å²) in [5.74, 6) is -0.580. The first-order chi connectivity index (χ1) is 11.9. The molecule has 1 aromatic heterocycles. The number of benzene rings is 1. The van der Waals surface area contributed by atoms with E-state index < -0.39 is 12.1 Å². The minimum absolute atomic E-state index is 0.0146. The van der Waals surface area contributed by atoms with Gasteiger partial charge in [0.25, 0.3) is 5.91 Å². The van der Waals surface area contributed by atoms with Gasteiger partial charge in [-0.1, -0.05) is 31.2 Å². The summed E-state index contributed by atoms with van der Waals surface area (Å²) in [6.07, 6.45) is -0.0986. The Kier molecular flexibility index (Phi) is 6.11. The Morgan fingerprint density at radius 1 is 1.12 bits per heavy atom. The van der Waals surface area contributed by atoms with Gasteiger partial charge in [0.1, 0.15) is 5.76 Å². The van der Waals surface area contributed by atoms with Crippen LogP contribution in [0.5, 0.6) is 0 Å². The Labute approximate surface area is 146 Å². The Bertz CT molecular complexity index is 760. The maximum absolute atomic E-state index is 12.1. The van der Waals surface area contributed by atoms with Crippen LogP contribution in [0.3, 0.4) is 0 Å². The van der Waals surface area contributed by atoms with Gasteiger partial charge in [0.2, 0.25) is 5.76 Å². The molecule has 132 valence electrons. The number of furan rings is 1. The average Bonchev–Trinajstić information content (AvgIpc) is 3.09. The van der Waals surface area contributed by atoms with Crippen molar-refractivity contribution < 1.29 is 23.5 Å². The lowest BCUT2D eigenvalue weighted by molar-refractivity contribution is -0.129. The van der Waals surface area contributed by atoms with E-state index in [0.29, 0.717) is 17.9 Å². The highest BCUT2D eigenvalue weighted by Gasteiger charge is 2.21. The molecule has 2 aromatic rings. The van der Waals surface area contributed by atoms with Crippen molar-refractivity contribution in [3.8, 4) is 11.3 Å². The van der Waals surface area contributed by atoms with Gasteiger partial charge in [-0.05, 0) is 32.4 Å². The minimum atomic E-state index is -0.901. The number of hydrogen-bond acceptors (Lipinski definition) is 5. The van der Waals surface area contributed by atoms with Crippen LogP contribution in [0.25, 0.3) is 11.3 Å². The fourth-order valence-corrected chi connectivity index (χ4v) is 2.14. The van der Waals surface area contributed by atoms with Crippen molar-refractivity contribution in [1.82, 2.24) is 5.32 Å². The van der Waals surface area contributed by atoms with Crippen molar-refractivity contribution in [3.05, 3.63) is 47.7 Å². The van der Waals surface area contributed by atoms with Crippen LogP contribution in [-0.4, -0.2) is 30.3 Å². The molecule has 0 bridgehead atoms. The zero-order valence-corrected chi connectivity index (χ0v) is 14.5. The van der Waals surface area contributed by atoms with Crippen molar-refractivity contribution in [3.63, 3.8) is 0 Å². The highest BCUT2D eigenvalue weighted by Crippen LogP contribution is 2.23. The van der Waals surface area contributed by atoms with E-state index in [1.165, 1.54) is 19.9 Å². The molecule has 0 fully saturated rings. The van der Waals surface area contributed by atoms with E-state index in [0.717, 1.165) is 12.0 Å². The van der Waals surface area contributed by atoms with E-state index in [1.54, 1.807) is 30.3 Å². The van der Waals surface area contributed by atoms with Crippen LogP contribution < -0.4 is 5.32 Å². The molecule has 1 amide bonds. The number of ketones is 1. The summed E-state index contributed by atoms with van der Waals surface area (Å²) in [6, 6.07) is 10.0. The van der Waals surface area contributed by atoms with Crippen LogP contribution in [0, 0.1) is 0 Å². The highest BCUT2D eigenvalue weighted by molar-refractivity contribution is 5.94. The topological polar surface area (TPSA) is 85.6 Å². The Hall–Kier alpha value is -2.89. The van der Waals surface area contributed by atoms with Gasteiger partial charge in [0, 0.05) is 17.7 Å². The van der Waals surface area contributed by atoms with Crippen molar-refractivity contribution in [2.24, 2.45) is 0 Å². The zero-order chi connectivity index (χ0) is 18.4. The predicted molar refractivity (Wildman–Crippen MR) is 92.3 cm³/mol. The van der Waals surface area contributed by atoms with Gasteiger partial charge < -0.3 is 14.5 Å². The third kappa shape index (κ3) is 4.79. The molecule has 0 saturated heterocycles. The number of Topliss-reactive ketones (excluding diaryl/α,β-unsaturated/α-hetero) is 1. The van der Waals surface area contributed by atoms with E-state index in [-0.39, 0.29) is 17.5 Å². The molecular formula is C19H21NO5. The molecule has 0 aliphatic carbocycles. The second kappa shape index (κ2) is 8.28.